The van der Waals surface area contributed by atoms with Crippen LogP contribution in [0.2, 0.25) is 5.02 Å². The molecule has 0 radical (unpaired) electrons. The molecule has 138 valence electrons. The zero-order chi connectivity index (χ0) is 18.8. The summed E-state index contributed by atoms with van der Waals surface area (Å²) in [6.45, 7) is 2.81. The van der Waals surface area contributed by atoms with Crippen LogP contribution in [0.25, 0.3) is 10.1 Å². The molecule has 1 aromatic heterocycles. The van der Waals surface area contributed by atoms with E-state index in [0.29, 0.717) is 36.3 Å². The van der Waals surface area contributed by atoms with Crippen LogP contribution in [-0.4, -0.2) is 60.4 Å². The number of carbonyl (C=O) groups excluding carboxylic acids is 3. The minimum Gasteiger partial charge on any atom is -0.451 e. The average molecular weight is 399 g/mol. The van der Waals surface area contributed by atoms with Gasteiger partial charge in [0.15, 0.2) is 6.61 Å². The van der Waals surface area contributed by atoms with Crippen molar-refractivity contribution in [3.8, 4) is 0 Å². The van der Waals surface area contributed by atoms with Crippen LogP contribution in [0.1, 0.15) is 16.6 Å². The number of esters is 1. The Kier molecular flexibility index (Phi) is 5.43. The third kappa shape index (κ3) is 3.81. The minimum atomic E-state index is -0.715. The van der Waals surface area contributed by atoms with Crippen LogP contribution in [0, 0.1) is 5.82 Å². The molecule has 9 heteroatoms. The Morgan fingerprint density at radius 3 is 2.50 bits per heavy atom. The van der Waals surface area contributed by atoms with Crippen LogP contribution in [0.3, 0.4) is 0 Å². The van der Waals surface area contributed by atoms with Gasteiger partial charge in [-0.05, 0) is 18.2 Å². The van der Waals surface area contributed by atoms with Crippen molar-refractivity contribution in [3.05, 3.63) is 33.9 Å². The first-order valence-corrected chi connectivity index (χ1v) is 9.14. The highest BCUT2D eigenvalue weighted by molar-refractivity contribution is 7.21. The second kappa shape index (κ2) is 7.59. The zero-order valence-electron chi connectivity index (χ0n) is 14.0. The Balaban J connectivity index is 1.60. The summed E-state index contributed by atoms with van der Waals surface area (Å²) >= 11 is 7.19. The van der Waals surface area contributed by atoms with E-state index in [1.165, 1.54) is 25.1 Å². The molecule has 2 heterocycles. The molecule has 0 bridgehead atoms. The molecule has 0 N–H and O–H groups in total. The number of rotatable bonds is 3. The van der Waals surface area contributed by atoms with Gasteiger partial charge in [-0.25, -0.2) is 9.18 Å². The minimum absolute atomic E-state index is 0.0284. The van der Waals surface area contributed by atoms with Gasteiger partial charge in [-0.3, -0.25) is 9.59 Å². The molecule has 0 unspecified atom stereocenters. The highest BCUT2D eigenvalue weighted by Crippen LogP contribution is 2.36. The Morgan fingerprint density at radius 1 is 1.19 bits per heavy atom. The molecule has 1 aliphatic rings. The highest BCUT2D eigenvalue weighted by atomic mass is 35.5. The monoisotopic (exact) mass is 398 g/mol. The van der Waals surface area contributed by atoms with Gasteiger partial charge >= 0.3 is 5.97 Å². The number of hydrogen-bond acceptors (Lipinski definition) is 5. The van der Waals surface area contributed by atoms with Gasteiger partial charge in [0.05, 0.1) is 5.02 Å². The Bertz CT molecular complexity index is 877. The lowest BCUT2D eigenvalue weighted by Gasteiger charge is -2.34. The van der Waals surface area contributed by atoms with E-state index in [2.05, 4.69) is 0 Å². The predicted octanol–water partition coefficient (Wildman–Crippen LogP) is 2.54. The van der Waals surface area contributed by atoms with Crippen molar-refractivity contribution in [1.29, 1.82) is 0 Å². The average Bonchev–Trinajstić information content (AvgIpc) is 2.95. The number of nitrogens with zero attached hydrogens (tertiary/aromatic N) is 2. The summed E-state index contributed by atoms with van der Waals surface area (Å²) in [4.78, 5) is 39.1. The van der Waals surface area contributed by atoms with Gasteiger partial charge in [0.1, 0.15) is 10.7 Å². The van der Waals surface area contributed by atoms with Crippen LogP contribution in [0.5, 0.6) is 0 Å². The predicted molar refractivity (Wildman–Crippen MR) is 95.9 cm³/mol. The summed E-state index contributed by atoms with van der Waals surface area (Å²) < 4.78 is 18.9. The number of fused-ring (bicyclic) bond motifs is 1. The molecule has 1 aromatic carbocycles. The van der Waals surface area contributed by atoms with E-state index in [9.17, 15) is 18.8 Å². The number of ether oxygens (including phenoxy) is 1. The standard InChI is InChI=1S/C17H16ClFN2O4S/c1-10(22)20-4-6-21(7-5-20)14(23)9-25-17(24)16-15(18)12-3-2-11(19)8-13(12)26-16/h2-3,8H,4-7,9H2,1H3. The largest absolute Gasteiger partial charge is 0.451 e. The van der Waals surface area contributed by atoms with E-state index < -0.39 is 18.4 Å². The number of thiophene rings is 1. The quantitative estimate of drug-likeness (QED) is 0.745. The third-order valence-electron chi connectivity index (χ3n) is 4.18. The van der Waals surface area contributed by atoms with Crippen LogP contribution in [-0.2, 0) is 14.3 Å². The number of benzene rings is 1. The van der Waals surface area contributed by atoms with Gasteiger partial charge in [-0.2, -0.15) is 0 Å². The molecule has 1 fully saturated rings. The van der Waals surface area contributed by atoms with Crippen LogP contribution in [0.4, 0.5) is 4.39 Å². The smallest absolute Gasteiger partial charge is 0.350 e. The van der Waals surface area contributed by atoms with Crippen LogP contribution in [0.15, 0.2) is 18.2 Å². The fraction of sp³-hybridized carbons (Fsp3) is 0.353. The van der Waals surface area contributed by atoms with Gasteiger partial charge in [0.25, 0.3) is 5.91 Å². The second-order valence-corrected chi connectivity index (χ2v) is 7.28. The van der Waals surface area contributed by atoms with Crippen molar-refractivity contribution < 1.29 is 23.5 Å². The molecule has 0 aliphatic carbocycles. The van der Waals surface area contributed by atoms with Gasteiger partial charge < -0.3 is 14.5 Å². The van der Waals surface area contributed by atoms with Gasteiger partial charge in [-0.1, -0.05) is 11.6 Å². The van der Waals surface area contributed by atoms with Crippen molar-refractivity contribution in [2.75, 3.05) is 32.8 Å². The molecule has 0 spiro atoms. The maximum Gasteiger partial charge on any atom is 0.350 e. The summed E-state index contributed by atoms with van der Waals surface area (Å²) in [7, 11) is 0. The number of piperazine rings is 1. The first-order valence-electron chi connectivity index (χ1n) is 7.95. The molecule has 26 heavy (non-hydrogen) atoms. The number of halogens is 2. The van der Waals surface area contributed by atoms with Crippen LogP contribution >= 0.6 is 22.9 Å². The van der Waals surface area contributed by atoms with E-state index in [1.54, 1.807) is 9.80 Å². The van der Waals surface area contributed by atoms with Gasteiger partial charge in [-0.15, -0.1) is 11.3 Å². The molecule has 0 atom stereocenters. The molecule has 6 nitrogen and oxygen atoms in total. The van der Waals surface area contributed by atoms with Gasteiger partial charge in [0, 0.05) is 43.2 Å². The molecule has 1 aliphatic heterocycles. The number of hydrogen-bond donors (Lipinski definition) is 0. The SMILES string of the molecule is CC(=O)N1CCN(C(=O)COC(=O)c2sc3cc(F)ccc3c2Cl)CC1. The van der Waals surface area contributed by atoms with E-state index in [4.69, 9.17) is 16.3 Å². The van der Waals surface area contributed by atoms with Gasteiger partial charge in [0.2, 0.25) is 5.91 Å². The molecule has 3 rings (SSSR count). The first kappa shape index (κ1) is 18.6. The number of carbonyl (C=O) groups is 3. The fourth-order valence-electron chi connectivity index (χ4n) is 2.73. The van der Waals surface area contributed by atoms with E-state index >= 15 is 0 Å². The molecular weight excluding hydrogens is 383 g/mol. The van der Waals surface area contributed by atoms with Crippen molar-refractivity contribution in [2.24, 2.45) is 0 Å². The summed E-state index contributed by atoms with van der Waals surface area (Å²) in [6.07, 6.45) is 0. The zero-order valence-corrected chi connectivity index (χ0v) is 15.5. The second-order valence-electron chi connectivity index (χ2n) is 5.85. The highest BCUT2D eigenvalue weighted by Gasteiger charge is 2.24. The fourth-order valence-corrected chi connectivity index (χ4v) is 4.15. The van der Waals surface area contributed by atoms with Crippen molar-refractivity contribution in [2.45, 2.75) is 6.92 Å². The lowest BCUT2D eigenvalue weighted by Crippen LogP contribution is -2.51. The summed E-state index contributed by atoms with van der Waals surface area (Å²) in [5, 5.41) is 0.759. The normalized spacial score (nSPS) is 14.6. The van der Waals surface area contributed by atoms with Crippen LogP contribution < -0.4 is 0 Å². The maximum atomic E-state index is 13.3. The third-order valence-corrected chi connectivity index (χ3v) is 5.82. The Morgan fingerprint density at radius 2 is 1.85 bits per heavy atom. The van der Waals surface area contributed by atoms with E-state index in [0.717, 1.165) is 11.3 Å². The Labute approximate surface area is 158 Å². The van der Waals surface area contributed by atoms with Crippen molar-refractivity contribution >= 4 is 50.8 Å². The lowest BCUT2D eigenvalue weighted by atomic mass is 10.2. The summed E-state index contributed by atoms with van der Waals surface area (Å²) in [6, 6.07) is 4.06. The molecule has 2 aromatic rings. The molecule has 1 saturated heterocycles. The molecular formula is C17H16ClFN2O4S. The van der Waals surface area contributed by atoms with Crippen molar-refractivity contribution in [3.63, 3.8) is 0 Å². The van der Waals surface area contributed by atoms with E-state index in [-0.39, 0.29) is 21.7 Å². The summed E-state index contributed by atoms with van der Waals surface area (Å²) in [5.74, 6) is -1.49. The number of amides is 2. The molecule has 2 amide bonds. The molecule has 0 saturated carbocycles. The summed E-state index contributed by atoms with van der Waals surface area (Å²) in [5.41, 5.74) is 0. The van der Waals surface area contributed by atoms with E-state index in [1.807, 2.05) is 0 Å². The Hall–Kier alpha value is -2.19. The topological polar surface area (TPSA) is 66.9 Å². The first-order chi connectivity index (χ1) is 12.4. The van der Waals surface area contributed by atoms with Crippen molar-refractivity contribution in [1.82, 2.24) is 9.80 Å². The maximum absolute atomic E-state index is 13.3. The lowest BCUT2D eigenvalue weighted by molar-refractivity contribution is -0.140.